The van der Waals surface area contributed by atoms with Gasteiger partial charge in [0.05, 0.1) is 50.3 Å². The smallest absolute Gasteiger partial charge is 0.141 e. The Hall–Kier alpha value is -4.29. The Labute approximate surface area is 223 Å². The highest BCUT2D eigenvalue weighted by molar-refractivity contribution is 7.07. The number of hydrogen-bond donors (Lipinski definition) is 2. The van der Waals surface area contributed by atoms with Gasteiger partial charge in [-0.1, -0.05) is 28.4 Å². The van der Waals surface area contributed by atoms with Crippen LogP contribution < -0.4 is 10.6 Å². The Bertz CT molecular complexity index is 1690. The van der Waals surface area contributed by atoms with Crippen molar-refractivity contribution in [2.75, 3.05) is 10.6 Å². The van der Waals surface area contributed by atoms with E-state index in [-0.39, 0.29) is 17.1 Å². The van der Waals surface area contributed by atoms with E-state index in [9.17, 15) is 9.65 Å². The number of hydrogen-bond acceptors (Lipinski definition) is 9. The molecule has 3 aromatic heterocycles. The van der Waals surface area contributed by atoms with Crippen LogP contribution in [-0.4, -0.2) is 25.0 Å². The molecule has 37 heavy (non-hydrogen) atoms. The van der Waals surface area contributed by atoms with Crippen molar-refractivity contribution >= 4 is 62.5 Å². The first-order valence-corrected chi connectivity index (χ1v) is 12.3. The van der Waals surface area contributed by atoms with E-state index in [0.29, 0.717) is 44.4 Å². The van der Waals surface area contributed by atoms with Crippen molar-refractivity contribution in [3.8, 4) is 12.1 Å². The summed E-state index contributed by atoms with van der Waals surface area (Å²) >= 11 is 14.0. The second-order valence-electron chi connectivity index (χ2n) is 7.76. The van der Waals surface area contributed by atoms with E-state index in [0.717, 1.165) is 0 Å². The normalized spacial score (nSPS) is 11.6. The molecule has 0 bridgehead atoms. The van der Waals surface area contributed by atoms with Crippen LogP contribution in [0.25, 0.3) is 10.9 Å². The summed E-state index contributed by atoms with van der Waals surface area (Å²) in [4.78, 5) is 8.78. The molecule has 182 valence electrons. The second kappa shape index (κ2) is 10.4. The van der Waals surface area contributed by atoms with Gasteiger partial charge in [0.15, 0.2) is 0 Å². The molecule has 1 unspecified atom stereocenters. The lowest BCUT2D eigenvalue weighted by molar-refractivity contribution is 0.628. The molecule has 2 N–H and O–H groups in total. The van der Waals surface area contributed by atoms with Crippen molar-refractivity contribution in [3.05, 3.63) is 86.4 Å². The van der Waals surface area contributed by atoms with Gasteiger partial charge in [0.2, 0.25) is 0 Å². The van der Waals surface area contributed by atoms with Crippen LogP contribution in [0.5, 0.6) is 0 Å². The molecule has 0 saturated heterocycles. The van der Waals surface area contributed by atoms with Crippen molar-refractivity contribution in [1.29, 1.82) is 10.5 Å². The highest BCUT2D eigenvalue weighted by atomic mass is 35.5. The summed E-state index contributed by atoms with van der Waals surface area (Å²) in [6, 6.07) is 11.3. The maximum atomic E-state index is 13.7. The number of anilines is 3. The Morgan fingerprint density at radius 1 is 1.08 bits per heavy atom. The molecule has 9 nitrogen and oxygen atoms in total. The zero-order valence-electron chi connectivity index (χ0n) is 18.7. The van der Waals surface area contributed by atoms with Gasteiger partial charge in [0.1, 0.15) is 30.2 Å². The lowest BCUT2D eigenvalue weighted by Crippen LogP contribution is -2.13. The minimum atomic E-state index is -0.554. The van der Waals surface area contributed by atoms with Gasteiger partial charge in [-0.3, -0.25) is 4.98 Å². The molecule has 0 aliphatic carbocycles. The summed E-state index contributed by atoms with van der Waals surface area (Å²) in [5.74, 6) is -0.554. The Kier molecular flexibility index (Phi) is 6.84. The highest BCUT2D eigenvalue weighted by Crippen LogP contribution is 2.37. The third-order valence-electron chi connectivity index (χ3n) is 5.38. The van der Waals surface area contributed by atoms with Crippen LogP contribution in [0.2, 0.25) is 10.0 Å². The fraction of sp³-hybridized carbons (Fsp3) is 0.0833. The molecule has 1 atom stereocenters. The molecule has 0 saturated carbocycles. The molecule has 5 aromatic rings. The van der Waals surface area contributed by atoms with Crippen LogP contribution in [0.15, 0.2) is 53.6 Å². The average molecular weight is 550 g/mol. The van der Waals surface area contributed by atoms with Gasteiger partial charge in [-0.15, -0.1) is 16.4 Å². The Balaban J connectivity index is 1.59. The van der Waals surface area contributed by atoms with E-state index < -0.39 is 11.9 Å². The molecular weight excluding hydrogens is 536 g/mol. The third kappa shape index (κ3) is 5.01. The van der Waals surface area contributed by atoms with Gasteiger partial charge in [-0.25, -0.2) is 14.1 Å². The zero-order chi connectivity index (χ0) is 25.9. The summed E-state index contributed by atoms with van der Waals surface area (Å²) in [5, 5.41) is 36.2. The van der Waals surface area contributed by atoms with Gasteiger partial charge < -0.3 is 10.6 Å². The third-order valence-corrected chi connectivity index (χ3v) is 6.56. The van der Waals surface area contributed by atoms with E-state index in [1.54, 1.807) is 23.8 Å². The molecule has 3 heterocycles. The number of halogens is 3. The number of nitrogens with one attached hydrogen (secondary N) is 2. The summed E-state index contributed by atoms with van der Waals surface area (Å²) in [6.07, 6.45) is 3.09. The van der Waals surface area contributed by atoms with E-state index >= 15 is 0 Å². The molecule has 0 radical (unpaired) electrons. The average Bonchev–Trinajstić information content (AvgIpc) is 3.58. The van der Waals surface area contributed by atoms with E-state index in [4.69, 9.17) is 28.5 Å². The molecule has 0 fully saturated rings. The van der Waals surface area contributed by atoms with Crippen LogP contribution in [0.1, 0.15) is 23.0 Å². The van der Waals surface area contributed by atoms with Crippen molar-refractivity contribution < 1.29 is 4.39 Å². The molecule has 0 aliphatic heterocycles. The fourth-order valence-electron chi connectivity index (χ4n) is 3.71. The van der Waals surface area contributed by atoms with Crippen LogP contribution in [0, 0.1) is 28.5 Å². The minimum Gasteiger partial charge on any atom is -0.371 e. The van der Waals surface area contributed by atoms with Gasteiger partial charge in [-0.2, -0.15) is 10.5 Å². The molecule has 0 spiro atoms. The number of fused-ring (bicyclic) bond motifs is 1. The quantitative estimate of drug-likeness (QED) is 0.250. The fourth-order valence-corrected chi connectivity index (χ4v) is 4.73. The van der Waals surface area contributed by atoms with Crippen molar-refractivity contribution in [1.82, 2.24) is 25.0 Å². The number of nitriles is 2. The van der Waals surface area contributed by atoms with Crippen LogP contribution in [0.4, 0.5) is 21.5 Å². The van der Waals surface area contributed by atoms with Crippen LogP contribution >= 0.6 is 34.5 Å². The summed E-state index contributed by atoms with van der Waals surface area (Å²) < 4.78 is 15.1. The topological polar surface area (TPSA) is 128 Å². The van der Waals surface area contributed by atoms with E-state index in [1.807, 2.05) is 11.4 Å². The highest BCUT2D eigenvalue weighted by Gasteiger charge is 2.21. The number of pyridine rings is 1. The van der Waals surface area contributed by atoms with Gasteiger partial charge in [-0.05, 0) is 30.3 Å². The van der Waals surface area contributed by atoms with Gasteiger partial charge in [0, 0.05) is 28.3 Å². The Morgan fingerprint density at radius 2 is 1.92 bits per heavy atom. The van der Waals surface area contributed by atoms with E-state index in [1.165, 1.54) is 40.4 Å². The lowest BCUT2D eigenvalue weighted by Gasteiger charge is -2.18. The monoisotopic (exact) mass is 549 g/mol. The predicted octanol–water partition coefficient (Wildman–Crippen LogP) is 6.07. The summed E-state index contributed by atoms with van der Waals surface area (Å²) in [7, 11) is 0. The van der Waals surface area contributed by atoms with Crippen LogP contribution in [-0.2, 0) is 6.54 Å². The maximum Gasteiger partial charge on any atom is 0.141 e. The molecule has 5 rings (SSSR count). The SMILES string of the molecule is N#CCn1cc(C(Nc2cc(Cl)c3ncc(C#N)c(Nc4ccc(F)c(Cl)c4)c3c2)c2cscn2)nn1. The second-order valence-corrected chi connectivity index (χ2v) is 9.29. The molecule has 0 aliphatic rings. The van der Waals surface area contributed by atoms with Crippen LogP contribution in [0.3, 0.4) is 0 Å². The number of rotatable bonds is 7. The standard InChI is InChI=1S/C24H14Cl2FN9S/c25-17-6-14(1-2-19(17)27)32-22-13(8-29)9-30-23-16(22)5-15(7-18(23)26)33-24(21-11-37-12-31-21)20-10-36(4-3-28)35-34-20/h1-2,5-7,9-12,24,33H,4H2,(H,30,32). The molecule has 13 heteroatoms. The first-order valence-electron chi connectivity index (χ1n) is 10.6. The van der Waals surface area contributed by atoms with Gasteiger partial charge in [0.25, 0.3) is 0 Å². The van der Waals surface area contributed by atoms with Crippen molar-refractivity contribution in [3.63, 3.8) is 0 Å². The summed E-state index contributed by atoms with van der Waals surface area (Å²) in [5.41, 5.74) is 5.21. The van der Waals surface area contributed by atoms with E-state index in [2.05, 4.69) is 37.0 Å². The molecular formula is C24H14Cl2FN9S. The number of benzene rings is 2. The number of thiazole rings is 1. The first-order chi connectivity index (χ1) is 18.0. The zero-order valence-corrected chi connectivity index (χ0v) is 21.0. The minimum absolute atomic E-state index is 0.0576. The largest absolute Gasteiger partial charge is 0.371 e. The van der Waals surface area contributed by atoms with Crippen molar-refractivity contribution in [2.24, 2.45) is 0 Å². The number of nitrogens with zero attached hydrogens (tertiary/aromatic N) is 7. The Morgan fingerprint density at radius 3 is 2.65 bits per heavy atom. The maximum absolute atomic E-state index is 13.7. The summed E-state index contributed by atoms with van der Waals surface area (Å²) in [6.45, 7) is 0.0592. The number of aromatic nitrogens is 5. The first kappa shape index (κ1) is 24.4. The molecule has 0 amide bonds. The lowest BCUT2D eigenvalue weighted by atomic mass is 10.1. The van der Waals surface area contributed by atoms with Gasteiger partial charge >= 0.3 is 0 Å². The molecule has 2 aromatic carbocycles. The van der Waals surface area contributed by atoms with Crippen molar-refractivity contribution in [2.45, 2.75) is 12.6 Å². The predicted molar refractivity (Wildman–Crippen MR) is 139 cm³/mol.